The van der Waals surface area contributed by atoms with Gasteiger partial charge in [0.2, 0.25) is 5.82 Å². The Morgan fingerprint density at radius 3 is 2.61 bits per heavy atom. The van der Waals surface area contributed by atoms with Gasteiger partial charge >= 0.3 is 17.6 Å². The van der Waals surface area contributed by atoms with Crippen LogP contribution in [0.4, 0.5) is 11.5 Å². The molecule has 0 aromatic carbocycles. The lowest BCUT2D eigenvalue weighted by Gasteiger charge is -2.17. The smallest absolute Gasteiger partial charge is 0.328 e. The Morgan fingerprint density at radius 2 is 2.09 bits per heavy atom. The van der Waals surface area contributed by atoms with E-state index in [1.165, 1.54) is 27.2 Å². The molecule has 0 unspecified atom stereocenters. The minimum Gasteiger partial charge on any atom is -0.469 e. The molecule has 0 aliphatic carbocycles. The third-order valence-electron chi connectivity index (χ3n) is 3.00. The molecule has 1 aromatic heterocycles. The molecule has 0 saturated heterocycles. The highest BCUT2D eigenvalue weighted by molar-refractivity contribution is 6.29. The van der Waals surface area contributed by atoms with E-state index in [0.29, 0.717) is 0 Å². The lowest BCUT2D eigenvalue weighted by molar-refractivity contribution is -0.384. The molecule has 1 aromatic rings. The van der Waals surface area contributed by atoms with E-state index in [2.05, 4.69) is 19.8 Å². The van der Waals surface area contributed by atoms with Gasteiger partial charge in [-0.2, -0.15) is 0 Å². The number of nitro groups is 1. The van der Waals surface area contributed by atoms with E-state index in [9.17, 15) is 19.7 Å². The fraction of sp³-hybridized carbons (Fsp3) is 0.462. The van der Waals surface area contributed by atoms with Crippen LogP contribution in [0.2, 0.25) is 5.15 Å². The SMILES string of the molecule is COC(=O)CC[C@H](Nc1nc(Cl)cc(C)c1[N+](=O)[O-])C(=O)OC. The maximum absolute atomic E-state index is 11.8. The molecule has 9 nitrogen and oxygen atoms in total. The molecule has 23 heavy (non-hydrogen) atoms. The lowest BCUT2D eigenvalue weighted by Crippen LogP contribution is -2.32. The Balaban J connectivity index is 3.10. The van der Waals surface area contributed by atoms with E-state index >= 15 is 0 Å². The van der Waals surface area contributed by atoms with Crippen LogP contribution in [0.3, 0.4) is 0 Å². The van der Waals surface area contributed by atoms with Crippen LogP contribution >= 0.6 is 11.6 Å². The molecular weight excluding hydrogens is 330 g/mol. The molecule has 0 saturated carbocycles. The lowest BCUT2D eigenvalue weighted by atomic mass is 10.1. The number of carbonyl (C=O) groups is 2. The number of hydrogen-bond donors (Lipinski definition) is 1. The Bertz CT molecular complexity index is 622. The van der Waals surface area contributed by atoms with Crippen molar-refractivity contribution in [3.8, 4) is 0 Å². The van der Waals surface area contributed by atoms with Crippen molar-refractivity contribution >= 4 is 35.0 Å². The number of methoxy groups -OCH3 is 2. The van der Waals surface area contributed by atoms with Gasteiger partial charge in [0.05, 0.1) is 19.1 Å². The molecule has 1 atom stereocenters. The van der Waals surface area contributed by atoms with Crippen molar-refractivity contribution in [3.05, 3.63) is 26.9 Å². The van der Waals surface area contributed by atoms with Gasteiger partial charge < -0.3 is 14.8 Å². The molecule has 0 spiro atoms. The van der Waals surface area contributed by atoms with E-state index in [1.807, 2.05) is 0 Å². The van der Waals surface area contributed by atoms with Gasteiger partial charge in [0.1, 0.15) is 11.2 Å². The summed E-state index contributed by atoms with van der Waals surface area (Å²) in [5.74, 6) is -1.38. The summed E-state index contributed by atoms with van der Waals surface area (Å²) in [6.45, 7) is 1.50. The minimum absolute atomic E-state index is 0.0176. The van der Waals surface area contributed by atoms with Crippen molar-refractivity contribution in [2.75, 3.05) is 19.5 Å². The van der Waals surface area contributed by atoms with Crippen LogP contribution in [-0.2, 0) is 19.1 Å². The predicted octanol–water partition coefficient (Wildman–Crippen LogP) is 1.86. The largest absolute Gasteiger partial charge is 0.469 e. The molecule has 0 bridgehead atoms. The molecule has 10 heteroatoms. The average Bonchev–Trinajstić information content (AvgIpc) is 2.48. The Hall–Kier alpha value is -2.42. The number of anilines is 1. The van der Waals surface area contributed by atoms with E-state index in [4.69, 9.17) is 11.6 Å². The predicted molar refractivity (Wildman–Crippen MR) is 81.3 cm³/mol. The van der Waals surface area contributed by atoms with Gasteiger partial charge in [-0.05, 0) is 19.4 Å². The number of nitrogens with one attached hydrogen (secondary N) is 1. The summed E-state index contributed by atoms with van der Waals surface area (Å²) < 4.78 is 9.13. The topological polar surface area (TPSA) is 121 Å². The number of esters is 2. The summed E-state index contributed by atoms with van der Waals surface area (Å²) in [6.07, 6.45) is -0.0552. The third kappa shape index (κ3) is 5.06. The highest BCUT2D eigenvalue weighted by Crippen LogP contribution is 2.29. The van der Waals surface area contributed by atoms with Crippen LogP contribution in [0.25, 0.3) is 0 Å². The van der Waals surface area contributed by atoms with Crippen molar-refractivity contribution in [1.29, 1.82) is 0 Å². The summed E-state index contributed by atoms with van der Waals surface area (Å²) in [7, 11) is 2.38. The van der Waals surface area contributed by atoms with Crippen LogP contribution in [0.5, 0.6) is 0 Å². The Kier molecular flexibility index (Phi) is 6.70. The molecule has 0 aliphatic heterocycles. The van der Waals surface area contributed by atoms with Crippen molar-refractivity contribution in [1.82, 2.24) is 4.98 Å². The van der Waals surface area contributed by atoms with Crippen LogP contribution in [0, 0.1) is 17.0 Å². The Morgan fingerprint density at radius 1 is 1.43 bits per heavy atom. The maximum atomic E-state index is 11.8. The van der Waals surface area contributed by atoms with Gasteiger partial charge in [-0.25, -0.2) is 9.78 Å². The van der Waals surface area contributed by atoms with Crippen LogP contribution in [0.15, 0.2) is 6.07 Å². The number of aryl methyl sites for hydroxylation is 1. The van der Waals surface area contributed by atoms with E-state index in [-0.39, 0.29) is 35.1 Å². The summed E-state index contributed by atoms with van der Waals surface area (Å²) in [6, 6.07) is 0.329. The molecule has 1 heterocycles. The summed E-state index contributed by atoms with van der Waals surface area (Å²) in [4.78, 5) is 37.4. The van der Waals surface area contributed by atoms with E-state index in [1.54, 1.807) is 0 Å². The second kappa shape index (κ2) is 8.28. The van der Waals surface area contributed by atoms with Crippen LogP contribution < -0.4 is 5.32 Å². The Labute approximate surface area is 137 Å². The van der Waals surface area contributed by atoms with Crippen molar-refractivity contribution < 1.29 is 24.0 Å². The molecule has 0 amide bonds. The van der Waals surface area contributed by atoms with Gasteiger partial charge in [-0.1, -0.05) is 11.6 Å². The quantitative estimate of drug-likeness (QED) is 0.344. The fourth-order valence-electron chi connectivity index (χ4n) is 1.88. The molecule has 1 rings (SSSR count). The van der Waals surface area contributed by atoms with Gasteiger partial charge in [0.25, 0.3) is 0 Å². The zero-order chi connectivity index (χ0) is 17.6. The standard InChI is InChI=1S/C13H16ClN3O6/c1-7-6-9(14)16-12(11(7)17(20)21)15-8(13(19)23-3)4-5-10(18)22-2/h6,8H,4-5H2,1-3H3,(H,15,16)/t8-/m0/s1. The molecular formula is C13H16ClN3O6. The first-order valence-electron chi connectivity index (χ1n) is 6.52. The number of rotatable bonds is 7. The minimum atomic E-state index is -1.01. The number of pyridine rings is 1. The first kappa shape index (κ1) is 18.6. The van der Waals surface area contributed by atoms with Crippen molar-refractivity contribution in [3.63, 3.8) is 0 Å². The second-order valence-electron chi connectivity index (χ2n) is 4.55. The van der Waals surface area contributed by atoms with Gasteiger partial charge in [-0.15, -0.1) is 0 Å². The number of aromatic nitrogens is 1. The average molecular weight is 346 g/mol. The number of nitrogens with zero attached hydrogens (tertiary/aromatic N) is 2. The molecule has 0 fully saturated rings. The molecule has 0 aliphatic rings. The van der Waals surface area contributed by atoms with Gasteiger partial charge in [0, 0.05) is 12.0 Å². The highest BCUT2D eigenvalue weighted by Gasteiger charge is 2.27. The molecule has 126 valence electrons. The summed E-state index contributed by atoms with van der Waals surface area (Å²) in [5, 5.41) is 13.8. The third-order valence-corrected chi connectivity index (χ3v) is 3.19. The maximum Gasteiger partial charge on any atom is 0.328 e. The van der Waals surface area contributed by atoms with Crippen LogP contribution in [0.1, 0.15) is 18.4 Å². The number of hydrogen-bond acceptors (Lipinski definition) is 8. The van der Waals surface area contributed by atoms with Crippen LogP contribution in [-0.4, -0.2) is 42.1 Å². The van der Waals surface area contributed by atoms with Crippen molar-refractivity contribution in [2.45, 2.75) is 25.8 Å². The fourth-order valence-corrected chi connectivity index (χ4v) is 2.13. The number of carbonyl (C=O) groups excluding carboxylic acids is 2. The monoisotopic (exact) mass is 345 g/mol. The number of halogens is 1. The zero-order valence-electron chi connectivity index (χ0n) is 12.8. The summed E-state index contributed by atoms with van der Waals surface area (Å²) in [5.41, 5.74) is -0.0181. The van der Waals surface area contributed by atoms with Crippen molar-refractivity contribution in [2.24, 2.45) is 0 Å². The molecule has 1 N–H and O–H groups in total. The normalized spacial score (nSPS) is 11.5. The highest BCUT2D eigenvalue weighted by atomic mass is 35.5. The van der Waals surface area contributed by atoms with E-state index in [0.717, 1.165) is 0 Å². The summed E-state index contributed by atoms with van der Waals surface area (Å²) >= 11 is 5.81. The molecule has 0 radical (unpaired) electrons. The number of ether oxygens (including phenoxy) is 2. The van der Waals surface area contributed by atoms with E-state index < -0.39 is 22.9 Å². The van der Waals surface area contributed by atoms with Gasteiger partial charge in [0.15, 0.2) is 0 Å². The second-order valence-corrected chi connectivity index (χ2v) is 4.94. The first-order chi connectivity index (χ1) is 10.8. The van der Waals surface area contributed by atoms with Gasteiger partial charge in [-0.3, -0.25) is 14.9 Å². The first-order valence-corrected chi connectivity index (χ1v) is 6.90. The zero-order valence-corrected chi connectivity index (χ0v) is 13.5.